The first kappa shape index (κ1) is 16.0. The van der Waals surface area contributed by atoms with E-state index in [2.05, 4.69) is 0 Å². The monoisotopic (exact) mass is 289 g/mol. The number of aliphatic hydroxyl groups is 1. The Labute approximate surface area is 118 Å². The Hall–Kier alpha value is -1.01. The molecule has 0 aliphatic heterocycles. The number of halogens is 1. The summed E-state index contributed by atoms with van der Waals surface area (Å²) in [5.41, 5.74) is 6.41. The molecule has 3 N–H and O–H groups in total. The van der Waals surface area contributed by atoms with Gasteiger partial charge in [0.1, 0.15) is 12.7 Å². The quantitative estimate of drug-likeness (QED) is 0.760. The number of aliphatic hydroxyl groups excluding tert-OH is 1. The van der Waals surface area contributed by atoms with Gasteiger partial charge in [-0.15, -0.1) is 0 Å². The lowest BCUT2D eigenvalue weighted by Gasteiger charge is -2.16. The van der Waals surface area contributed by atoms with Crippen LogP contribution >= 0.6 is 11.6 Å². The van der Waals surface area contributed by atoms with E-state index in [1.165, 1.54) is 7.11 Å². The minimum Gasteiger partial charge on any atom is -0.493 e. The molecule has 0 saturated carbocycles. The van der Waals surface area contributed by atoms with Gasteiger partial charge < -0.3 is 25.1 Å². The lowest BCUT2D eigenvalue weighted by atomic mass is 10.2. The fraction of sp³-hybridized carbons (Fsp3) is 0.538. The standard InChI is InChI=1S/C13H20ClNO4/c1-3-18-7-10(16)8-19-13-11(14)4-9(6-15)5-12(13)17-2/h4-5,10,16H,3,6-8,15H2,1-2H3. The van der Waals surface area contributed by atoms with Crippen molar-refractivity contribution in [3.05, 3.63) is 22.7 Å². The fourth-order valence-electron chi connectivity index (χ4n) is 1.51. The molecule has 19 heavy (non-hydrogen) atoms. The second-order valence-corrected chi connectivity index (χ2v) is 4.34. The largest absolute Gasteiger partial charge is 0.493 e. The Kier molecular flexibility index (Phi) is 6.94. The molecule has 1 rings (SSSR count). The third kappa shape index (κ3) is 4.87. The Morgan fingerprint density at radius 1 is 1.37 bits per heavy atom. The molecule has 0 aromatic heterocycles. The minimum atomic E-state index is -0.713. The number of hydrogen-bond donors (Lipinski definition) is 2. The SMILES string of the molecule is CCOCC(O)COc1c(Cl)cc(CN)cc1OC. The highest BCUT2D eigenvalue weighted by atomic mass is 35.5. The zero-order valence-electron chi connectivity index (χ0n) is 11.2. The fourth-order valence-corrected chi connectivity index (χ4v) is 1.80. The van der Waals surface area contributed by atoms with Crippen LogP contribution in [0.1, 0.15) is 12.5 Å². The predicted octanol–water partition coefficient (Wildman–Crippen LogP) is 1.58. The summed E-state index contributed by atoms with van der Waals surface area (Å²) in [5.74, 6) is 0.897. The van der Waals surface area contributed by atoms with Crippen molar-refractivity contribution in [2.45, 2.75) is 19.6 Å². The molecule has 0 spiro atoms. The molecular weight excluding hydrogens is 270 g/mol. The smallest absolute Gasteiger partial charge is 0.179 e. The molecule has 0 saturated heterocycles. The van der Waals surface area contributed by atoms with Gasteiger partial charge in [-0.3, -0.25) is 0 Å². The molecule has 0 bridgehead atoms. The molecule has 0 fully saturated rings. The van der Waals surface area contributed by atoms with Crippen LogP contribution in [0.15, 0.2) is 12.1 Å². The Morgan fingerprint density at radius 2 is 2.11 bits per heavy atom. The van der Waals surface area contributed by atoms with Crippen molar-refractivity contribution >= 4 is 11.6 Å². The number of ether oxygens (including phenoxy) is 3. The number of hydrogen-bond acceptors (Lipinski definition) is 5. The van der Waals surface area contributed by atoms with Gasteiger partial charge >= 0.3 is 0 Å². The normalized spacial score (nSPS) is 12.3. The maximum atomic E-state index is 9.64. The van der Waals surface area contributed by atoms with Gasteiger partial charge in [0.15, 0.2) is 11.5 Å². The highest BCUT2D eigenvalue weighted by molar-refractivity contribution is 6.32. The molecule has 1 atom stereocenters. The van der Waals surface area contributed by atoms with Gasteiger partial charge in [-0.1, -0.05) is 11.6 Å². The number of methoxy groups -OCH3 is 1. The highest BCUT2D eigenvalue weighted by Gasteiger charge is 2.14. The van der Waals surface area contributed by atoms with E-state index in [4.69, 9.17) is 31.5 Å². The van der Waals surface area contributed by atoms with Crippen LogP contribution in [0.4, 0.5) is 0 Å². The van der Waals surface area contributed by atoms with E-state index in [9.17, 15) is 5.11 Å². The lowest BCUT2D eigenvalue weighted by Crippen LogP contribution is -2.23. The lowest BCUT2D eigenvalue weighted by molar-refractivity contribution is 0.0160. The van der Waals surface area contributed by atoms with E-state index < -0.39 is 6.10 Å². The average molecular weight is 290 g/mol. The number of nitrogens with two attached hydrogens (primary N) is 1. The van der Waals surface area contributed by atoms with Gasteiger partial charge in [0, 0.05) is 13.2 Å². The molecule has 108 valence electrons. The molecule has 0 heterocycles. The molecule has 0 aliphatic rings. The summed E-state index contributed by atoms with van der Waals surface area (Å²) >= 11 is 6.11. The van der Waals surface area contributed by atoms with Crippen LogP contribution in [0.3, 0.4) is 0 Å². The van der Waals surface area contributed by atoms with Crippen molar-refractivity contribution in [2.24, 2.45) is 5.73 Å². The summed E-state index contributed by atoms with van der Waals surface area (Å²) in [6.45, 7) is 3.07. The summed E-state index contributed by atoms with van der Waals surface area (Å²) < 4.78 is 15.8. The van der Waals surface area contributed by atoms with E-state index in [1.54, 1.807) is 12.1 Å². The average Bonchev–Trinajstić information content (AvgIpc) is 2.42. The van der Waals surface area contributed by atoms with Gasteiger partial charge in [-0.05, 0) is 24.6 Å². The zero-order valence-corrected chi connectivity index (χ0v) is 11.9. The van der Waals surface area contributed by atoms with Crippen LogP contribution in [0.25, 0.3) is 0 Å². The molecule has 1 unspecified atom stereocenters. The molecule has 1 aromatic carbocycles. The summed E-state index contributed by atoms with van der Waals surface area (Å²) in [7, 11) is 1.52. The van der Waals surface area contributed by atoms with Gasteiger partial charge in [0.2, 0.25) is 0 Å². The van der Waals surface area contributed by atoms with E-state index >= 15 is 0 Å². The van der Waals surface area contributed by atoms with Crippen LogP contribution in [0.2, 0.25) is 5.02 Å². The van der Waals surface area contributed by atoms with Crippen molar-refractivity contribution < 1.29 is 19.3 Å². The van der Waals surface area contributed by atoms with Crippen LogP contribution in [-0.4, -0.2) is 38.1 Å². The van der Waals surface area contributed by atoms with Crippen molar-refractivity contribution in [3.63, 3.8) is 0 Å². The first-order chi connectivity index (χ1) is 9.12. The molecular formula is C13H20ClNO4. The zero-order chi connectivity index (χ0) is 14.3. The van der Waals surface area contributed by atoms with Crippen molar-refractivity contribution in [1.82, 2.24) is 0 Å². The maximum absolute atomic E-state index is 9.64. The third-order valence-electron chi connectivity index (χ3n) is 2.46. The topological polar surface area (TPSA) is 73.9 Å². The van der Waals surface area contributed by atoms with E-state index in [-0.39, 0.29) is 13.2 Å². The Morgan fingerprint density at radius 3 is 2.68 bits per heavy atom. The molecule has 5 nitrogen and oxygen atoms in total. The van der Waals surface area contributed by atoms with Crippen molar-refractivity contribution in [3.8, 4) is 11.5 Å². The molecule has 6 heteroatoms. The molecule has 0 radical (unpaired) electrons. The van der Waals surface area contributed by atoms with Crippen LogP contribution < -0.4 is 15.2 Å². The van der Waals surface area contributed by atoms with Gasteiger partial charge in [-0.25, -0.2) is 0 Å². The second-order valence-electron chi connectivity index (χ2n) is 3.94. The molecule has 1 aromatic rings. The summed E-state index contributed by atoms with van der Waals surface area (Å²) in [6.07, 6.45) is -0.713. The van der Waals surface area contributed by atoms with E-state index in [0.717, 1.165) is 5.56 Å². The summed E-state index contributed by atoms with van der Waals surface area (Å²) in [5, 5.41) is 10.0. The summed E-state index contributed by atoms with van der Waals surface area (Å²) in [6, 6.07) is 3.48. The second kappa shape index (κ2) is 8.22. The first-order valence-corrected chi connectivity index (χ1v) is 6.45. The van der Waals surface area contributed by atoms with Gasteiger partial charge in [-0.2, -0.15) is 0 Å². The highest BCUT2D eigenvalue weighted by Crippen LogP contribution is 2.36. The van der Waals surface area contributed by atoms with E-state index in [1.807, 2.05) is 6.92 Å². The van der Waals surface area contributed by atoms with Crippen molar-refractivity contribution in [1.29, 1.82) is 0 Å². The number of rotatable bonds is 8. The van der Waals surface area contributed by atoms with Gasteiger partial charge in [0.25, 0.3) is 0 Å². The van der Waals surface area contributed by atoms with Crippen LogP contribution in [-0.2, 0) is 11.3 Å². The molecule has 0 aliphatic carbocycles. The third-order valence-corrected chi connectivity index (χ3v) is 2.74. The minimum absolute atomic E-state index is 0.0814. The van der Waals surface area contributed by atoms with E-state index in [0.29, 0.717) is 29.7 Å². The van der Waals surface area contributed by atoms with Crippen LogP contribution in [0.5, 0.6) is 11.5 Å². The van der Waals surface area contributed by atoms with Crippen LogP contribution in [0, 0.1) is 0 Å². The Balaban J connectivity index is 2.71. The van der Waals surface area contributed by atoms with Crippen molar-refractivity contribution in [2.75, 3.05) is 26.9 Å². The Bertz CT molecular complexity index is 400. The summed E-state index contributed by atoms with van der Waals surface area (Å²) in [4.78, 5) is 0. The van der Waals surface area contributed by atoms with Gasteiger partial charge in [0.05, 0.1) is 18.7 Å². The predicted molar refractivity (Wildman–Crippen MR) is 73.9 cm³/mol. The molecule has 0 amide bonds. The first-order valence-electron chi connectivity index (χ1n) is 6.07. The maximum Gasteiger partial charge on any atom is 0.179 e. The number of benzene rings is 1.